The molecule has 0 spiro atoms. The summed E-state index contributed by atoms with van der Waals surface area (Å²) in [6.45, 7) is 8.44. The molecule has 1 aromatic carbocycles. The summed E-state index contributed by atoms with van der Waals surface area (Å²) in [6, 6.07) is 5.28. The van der Waals surface area contributed by atoms with Crippen LogP contribution in [0.15, 0.2) is 22.7 Å². The lowest BCUT2D eigenvalue weighted by Crippen LogP contribution is -3.22. The first kappa shape index (κ1) is 16.7. The maximum absolute atomic E-state index is 12.3. The zero-order valence-electron chi connectivity index (χ0n) is 12.3. The van der Waals surface area contributed by atoms with E-state index in [4.69, 9.17) is 16.3 Å². The maximum atomic E-state index is 12.3. The highest BCUT2D eigenvalue weighted by Crippen LogP contribution is 2.20. The molecule has 0 radical (unpaired) electrons. The van der Waals surface area contributed by atoms with Crippen LogP contribution in [-0.4, -0.2) is 44.3 Å². The third-order valence-electron chi connectivity index (χ3n) is 3.92. The van der Waals surface area contributed by atoms with Crippen LogP contribution in [0.25, 0.3) is 0 Å². The van der Waals surface area contributed by atoms with E-state index in [1.807, 2.05) is 6.07 Å². The number of nitrogens with one attached hydrogen (secondary N) is 2. The number of rotatable bonds is 4. The molecule has 0 saturated carbocycles. The fraction of sp³-hybridized carbons (Fsp3) is 0.533. The molecule has 0 aliphatic carbocycles. The molecular weight excluding hydrogens is 356 g/mol. The molecule has 21 heavy (non-hydrogen) atoms. The van der Waals surface area contributed by atoms with Gasteiger partial charge in [-0.3, -0.25) is 4.79 Å². The molecule has 1 fully saturated rings. The average molecular weight is 377 g/mol. The number of halogens is 2. The summed E-state index contributed by atoms with van der Waals surface area (Å²) in [5, 5.41) is 3.46. The number of carbonyl (C=O) groups excluding carboxylic acids is 1. The Bertz CT molecular complexity index is 516. The lowest BCUT2D eigenvalue weighted by Gasteiger charge is -2.37. The van der Waals surface area contributed by atoms with Crippen molar-refractivity contribution in [2.24, 2.45) is 0 Å². The van der Waals surface area contributed by atoms with E-state index < -0.39 is 0 Å². The largest absolute Gasteiger partial charge is 0.370 e. The zero-order chi connectivity index (χ0) is 15.5. The Hall–Kier alpha value is -0.620. The molecule has 1 heterocycles. The normalized spacial score (nSPS) is 16.8. The van der Waals surface area contributed by atoms with E-state index in [-0.39, 0.29) is 11.4 Å². The highest BCUT2D eigenvalue weighted by Gasteiger charge is 2.32. The molecule has 0 unspecified atom stereocenters. The topological polar surface area (TPSA) is 42.8 Å². The molecule has 1 aliphatic heterocycles. The van der Waals surface area contributed by atoms with Crippen molar-refractivity contribution in [2.75, 3.05) is 32.8 Å². The van der Waals surface area contributed by atoms with Crippen LogP contribution < -0.4 is 10.2 Å². The van der Waals surface area contributed by atoms with Crippen LogP contribution in [-0.2, 0) is 4.74 Å². The number of morpholine rings is 1. The van der Waals surface area contributed by atoms with Crippen LogP contribution in [0.1, 0.15) is 24.2 Å². The number of ether oxygens (including phenoxy) is 1. The first-order valence-corrected chi connectivity index (χ1v) is 8.23. The Morgan fingerprint density at radius 1 is 1.43 bits per heavy atom. The number of carbonyl (C=O) groups is 1. The van der Waals surface area contributed by atoms with Gasteiger partial charge in [-0.15, -0.1) is 0 Å². The van der Waals surface area contributed by atoms with Gasteiger partial charge >= 0.3 is 0 Å². The molecule has 1 saturated heterocycles. The Balaban J connectivity index is 1.98. The van der Waals surface area contributed by atoms with Crippen molar-refractivity contribution in [3.8, 4) is 0 Å². The third kappa shape index (κ3) is 4.42. The summed E-state index contributed by atoms with van der Waals surface area (Å²) in [7, 11) is 0. The van der Waals surface area contributed by atoms with Gasteiger partial charge < -0.3 is 15.0 Å². The van der Waals surface area contributed by atoms with Crippen LogP contribution in [0.5, 0.6) is 0 Å². The van der Waals surface area contributed by atoms with Gasteiger partial charge in [0, 0.05) is 4.47 Å². The molecule has 0 bridgehead atoms. The molecule has 2 N–H and O–H groups in total. The number of amides is 1. The van der Waals surface area contributed by atoms with Gasteiger partial charge in [-0.05, 0) is 32.0 Å². The molecule has 6 heteroatoms. The predicted octanol–water partition coefficient (Wildman–Crippen LogP) is 1.53. The van der Waals surface area contributed by atoms with Gasteiger partial charge in [0.1, 0.15) is 18.6 Å². The van der Waals surface area contributed by atoms with Crippen molar-refractivity contribution >= 4 is 33.4 Å². The number of quaternary nitrogens is 1. The molecule has 1 aromatic rings. The van der Waals surface area contributed by atoms with Crippen LogP contribution in [0.3, 0.4) is 0 Å². The lowest BCUT2D eigenvalue weighted by atomic mass is 10.0. The van der Waals surface area contributed by atoms with Gasteiger partial charge in [0.2, 0.25) is 0 Å². The van der Waals surface area contributed by atoms with Crippen LogP contribution in [0.2, 0.25) is 5.02 Å². The molecule has 116 valence electrons. The van der Waals surface area contributed by atoms with Gasteiger partial charge in [-0.2, -0.15) is 0 Å². The Kier molecular flexibility index (Phi) is 5.66. The summed E-state index contributed by atoms with van der Waals surface area (Å²) in [5.74, 6) is -0.137. The molecule has 0 aromatic heterocycles. The van der Waals surface area contributed by atoms with Crippen molar-refractivity contribution < 1.29 is 14.4 Å². The predicted molar refractivity (Wildman–Crippen MR) is 87.1 cm³/mol. The molecule has 1 amide bonds. The standard InChI is InChI=1S/C15H20BrClN2O2/c1-15(2,19-5-7-21-8-6-19)10-18-14(20)12-9-11(16)3-4-13(12)17/h3-4,9H,5-8,10H2,1-2H3,(H,18,20)/p+1. The highest BCUT2D eigenvalue weighted by molar-refractivity contribution is 9.10. The summed E-state index contributed by atoms with van der Waals surface area (Å²) >= 11 is 9.45. The van der Waals surface area contributed by atoms with E-state index in [1.54, 1.807) is 12.1 Å². The summed E-state index contributed by atoms with van der Waals surface area (Å²) in [5.41, 5.74) is 0.469. The second kappa shape index (κ2) is 7.09. The first-order chi connectivity index (χ1) is 9.90. The quantitative estimate of drug-likeness (QED) is 0.837. The fourth-order valence-corrected chi connectivity index (χ4v) is 3.05. The van der Waals surface area contributed by atoms with E-state index in [9.17, 15) is 4.79 Å². The monoisotopic (exact) mass is 375 g/mol. The van der Waals surface area contributed by atoms with Crippen molar-refractivity contribution in [3.63, 3.8) is 0 Å². The van der Waals surface area contributed by atoms with Crippen molar-refractivity contribution in [1.29, 1.82) is 0 Å². The number of hydrogen-bond donors (Lipinski definition) is 2. The SMILES string of the molecule is CC(C)(CNC(=O)c1cc(Br)ccc1Cl)[NH+]1CCOCC1. The molecule has 0 atom stereocenters. The second-order valence-corrected chi connectivity index (χ2v) is 7.23. The van der Waals surface area contributed by atoms with E-state index in [2.05, 4.69) is 35.1 Å². The lowest BCUT2D eigenvalue weighted by molar-refractivity contribution is -0.954. The van der Waals surface area contributed by atoms with Crippen molar-refractivity contribution in [2.45, 2.75) is 19.4 Å². The minimum absolute atomic E-state index is 0.0298. The summed E-state index contributed by atoms with van der Waals surface area (Å²) in [6.07, 6.45) is 0. The number of hydrogen-bond acceptors (Lipinski definition) is 2. The highest BCUT2D eigenvalue weighted by atomic mass is 79.9. The van der Waals surface area contributed by atoms with Crippen LogP contribution in [0, 0.1) is 0 Å². The number of benzene rings is 1. The molecule has 1 aliphatic rings. The third-order valence-corrected chi connectivity index (χ3v) is 4.74. The van der Waals surface area contributed by atoms with E-state index >= 15 is 0 Å². The Labute approximate surface area is 138 Å². The van der Waals surface area contributed by atoms with Crippen LogP contribution >= 0.6 is 27.5 Å². The fourth-order valence-electron chi connectivity index (χ4n) is 2.49. The van der Waals surface area contributed by atoms with Crippen molar-refractivity contribution in [1.82, 2.24) is 5.32 Å². The Morgan fingerprint density at radius 2 is 2.10 bits per heavy atom. The van der Waals surface area contributed by atoms with E-state index in [1.165, 1.54) is 4.90 Å². The average Bonchev–Trinajstić information content (AvgIpc) is 2.48. The minimum atomic E-state index is -0.137. The summed E-state index contributed by atoms with van der Waals surface area (Å²) < 4.78 is 6.23. The minimum Gasteiger partial charge on any atom is -0.370 e. The van der Waals surface area contributed by atoms with Gasteiger partial charge in [-0.1, -0.05) is 27.5 Å². The van der Waals surface area contributed by atoms with E-state index in [0.717, 1.165) is 30.8 Å². The molecule has 2 rings (SSSR count). The van der Waals surface area contributed by atoms with Gasteiger partial charge in [0.05, 0.1) is 30.3 Å². The first-order valence-electron chi connectivity index (χ1n) is 7.06. The van der Waals surface area contributed by atoms with Gasteiger partial charge in [0.15, 0.2) is 0 Å². The van der Waals surface area contributed by atoms with E-state index in [0.29, 0.717) is 17.1 Å². The summed E-state index contributed by atoms with van der Waals surface area (Å²) in [4.78, 5) is 13.7. The molecular formula is C15H21BrClN2O2+. The van der Waals surface area contributed by atoms with Gasteiger partial charge in [-0.25, -0.2) is 0 Å². The van der Waals surface area contributed by atoms with Crippen molar-refractivity contribution in [3.05, 3.63) is 33.3 Å². The smallest absolute Gasteiger partial charge is 0.253 e. The maximum Gasteiger partial charge on any atom is 0.253 e. The molecule has 4 nitrogen and oxygen atoms in total. The second-order valence-electron chi connectivity index (χ2n) is 5.91. The zero-order valence-corrected chi connectivity index (χ0v) is 14.7. The Morgan fingerprint density at radius 3 is 2.76 bits per heavy atom. The van der Waals surface area contributed by atoms with Gasteiger partial charge in [0.25, 0.3) is 5.91 Å². The van der Waals surface area contributed by atoms with Crippen LogP contribution in [0.4, 0.5) is 0 Å².